The molecule has 0 spiro atoms. The fraction of sp³-hybridized carbons (Fsp3) is 0.278. The first-order valence-corrected chi connectivity index (χ1v) is 7.90. The number of aliphatic imine (C=N–C) groups is 1. The first kappa shape index (κ1) is 16.6. The number of ether oxygens (including phenoxy) is 1. The van der Waals surface area contributed by atoms with Crippen LogP contribution >= 0.6 is 0 Å². The van der Waals surface area contributed by atoms with Gasteiger partial charge in [0.2, 0.25) is 0 Å². The molecule has 1 saturated heterocycles. The van der Waals surface area contributed by atoms with E-state index in [-0.39, 0.29) is 6.04 Å². The topological polar surface area (TPSA) is 91.9 Å². The quantitative estimate of drug-likeness (QED) is 0.841. The van der Waals surface area contributed by atoms with Crippen LogP contribution in [-0.2, 0) is 0 Å². The lowest BCUT2D eigenvalue weighted by Crippen LogP contribution is -2.46. The molecule has 0 aromatic carbocycles. The van der Waals surface area contributed by atoms with Gasteiger partial charge in [0.25, 0.3) is 0 Å². The summed E-state index contributed by atoms with van der Waals surface area (Å²) in [5.41, 5.74) is 9.47. The molecule has 0 bridgehead atoms. The van der Waals surface area contributed by atoms with Crippen LogP contribution in [0.2, 0.25) is 0 Å². The van der Waals surface area contributed by atoms with Gasteiger partial charge in [0.05, 0.1) is 19.3 Å². The predicted octanol–water partition coefficient (Wildman–Crippen LogP) is 1.80. The van der Waals surface area contributed by atoms with Crippen molar-refractivity contribution in [3.05, 3.63) is 48.6 Å². The van der Waals surface area contributed by atoms with Gasteiger partial charge in [-0.05, 0) is 19.2 Å². The normalized spacial score (nSPS) is 15.8. The summed E-state index contributed by atoms with van der Waals surface area (Å²) in [5.74, 6) is 0.570. The van der Waals surface area contributed by atoms with Crippen molar-refractivity contribution in [2.24, 2.45) is 10.7 Å². The van der Waals surface area contributed by atoms with Gasteiger partial charge in [0.1, 0.15) is 22.9 Å². The van der Waals surface area contributed by atoms with E-state index < -0.39 is 0 Å². The lowest BCUT2D eigenvalue weighted by atomic mass is 10.0. The lowest BCUT2D eigenvalue weighted by Gasteiger charge is -2.36. The Kier molecular flexibility index (Phi) is 4.44. The van der Waals surface area contributed by atoms with Crippen molar-refractivity contribution in [3.63, 3.8) is 0 Å². The van der Waals surface area contributed by atoms with Gasteiger partial charge >= 0.3 is 0 Å². The van der Waals surface area contributed by atoms with Crippen molar-refractivity contribution in [1.29, 1.82) is 5.26 Å². The number of allylic oxidation sites excluding steroid dienone is 1. The highest BCUT2D eigenvalue weighted by molar-refractivity contribution is 6.22. The Balaban J connectivity index is 1.98. The fourth-order valence-corrected chi connectivity index (χ4v) is 2.96. The highest BCUT2D eigenvalue weighted by atomic mass is 16.5. The van der Waals surface area contributed by atoms with E-state index in [1.54, 1.807) is 11.6 Å². The monoisotopic (exact) mass is 336 g/mol. The van der Waals surface area contributed by atoms with E-state index in [9.17, 15) is 5.26 Å². The van der Waals surface area contributed by atoms with E-state index in [1.807, 2.05) is 25.4 Å². The molecule has 1 fully saturated rings. The number of nitrogens with two attached hydrogens (primary N) is 1. The summed E-state index contributed by atoms with van der Waals surface area (Å²) in [4.78, 5) is 6.85. The number of hydrogen-bond acceptors (Lipinski definition) is 6. The van der Waals surface area contributed by atoms with Gasteiger partial charge in [-0.3, -0.25) is 4.99 Å². The van der Waals surface area contributed by atoms with Crippen molar-refractivity contribution in [2.45, 2.75) is 13.0 Å². The third-order valence-corrected chi connectivity index (χ3v) is 4.31. The van der Waals surface area contributed by atoms with Gasteiger partial charge in [-0.25, -0.2) is 4.52 Å². The van der Waals surface area contributed by atoms with Gasteiger partial charge in [0.15, 0.2) is 0 Å². The molecule has 1 aliphatic heterocycles. The van der Waals surface area contributed by atoms with Gasteiger partial charge in [0, 0.05) is 42.3 Å². The molecule has 0 amide bonds. The summed E-state index contributed by atoms with van der Waals surface area (Å²) in [7, 11) is 1.57. The molecule has 7 nitrogen and oxygen atoms in total. The minimum Gasteiger partial charge on any atom is -0.494 e. The van der Waals surface area contributed by atoms with Crippen molar-refractivity contribution in [2.75, 3.05) is 20.2 Å². The second-order valence-corrected chi connectivity index (χ2v) is 5.85. The summed E-state index contributed by atoms with van der Waals surface area (Å²) in [6.45, 7) is 7.43. The molecule has 0 radical (unpaired) electrons. The predicted molar refractivity (Wildman–Crippen MR) is 97.3 cm³/mol. The summed E-state index contributed by atoms with van der Waals surface area (Å²) in [5, 5.41) is 13.4. The minimum absolute atomic E-state index is 0.244. The average Bonchev–Trinajstić information content (AvgIpc) is 3.00. The number of aromatic nitrogens is 2. The average molecular weight is 336 g/mol. The van der Waals surface area contributed by atoms with Crippen LogP contribution in [0.5, 0.6) is 5.75 Å². The smallest absolute Gasteiger partial charge is 0.146 e. The number of pyridine rings is 1. The van der Waals surface area contributed by atoms with Crippen molar-refractivity contribution in [1.82, 2.24) is 14.5 Å². The third kappa shape index (κ3) is 2.94. The molecule has 3 rings (SSSR count). The number of likely N-dealkylation sites (tertiary alicyclic amines) is 1. The molecular formula is C18H20N6O. The summed E-state index contributed by atoms with van der Waals surface area (Å²) in [6.07, 6.45) is 6.71. The molecule has 0 atom stereocenters. The lowest BCUT2D eigenvalue weighted by molar-refractivity contribution is 0.225. The minimum atomic E-state index is 0.244. The number of rotatable bonds is 5. The number of nitrogens with zero attached hydrogens (tertiary/aromatic N) is 5. The van der Waals surface area contributed by atoms with Crippen LogP contribution in [-0.4, -0.2) is 46.5 Å². The SMILES string of the molecule is C=CN1CC(N=C(C)/C(=C\N)c2cc(OC)c3c(C#N)cnn3c2)C1. The highest BCUT2D eigenvalue weighted by Gasteiger charge is 2.23. The molecule has 0 aliphatic carbocycles. The second-order valence-electron chi connectivity index (χ2n) is 5.85. The van der Waals surface area contributed by atoms with Gasteiger partial charge < -0.3 is 15.4 Å². The zero-order chi connectivity index (χ0) is 18.0. The van der Waals surface area contributed by atoms with Crippen LogP contribution < -0.4 is 10.5 Å². The summed E-state index contributed by atoms with van der Waals surface area (Å²) in [6, 6.07) is 4.22. The molecule has 2 aromatic rings. The molecular weight excluding hydrogens is 316 g/mol. The molecule has 2 N–H and O–H groups in total. The molecule has 3 heterocycles. The number of methoxy groups -OCH3 is 1. The third-order valence-electron chi connectivity index (χ3n) is 4.31. The van der Waals surface area contributed by atoms with Gasteiger partial charge in [-0.1, -0.05) is 6.58 Å². The largest absolute Gasteiger partial charge is 0.494 e. The Morgan fingerprint density at radius 1 is 1.56 bits per heavy atom. The molecule has 7 heteroatoms. The van der Waals surface area contributed by atoms with Crippen LogP contribution in [0.1, 0.15) is 18.1 Å². The first-order chi connectivity index (χ1) is 12.1. The van der Waals surface area contributed by atoms with E-state index in [0.29, 0.717) is 16.8 Å². The first-order valence-electron chi connectivity index (χ1n) is 7.90. The van der Waals surface area contributed by atoms with Crippen LogP contribution in [0.3, 0.4) is 0 Å². The zero-order valence-electron chi connectivity index (χ0n) is 14.3. The Bertz CT molecular complexity index is 912. The molecule has 2 aromatic heterocycles. The van der Waals surface area contributed by atoms with Crippen molar-refractivity contribution in [3.8, 4) is 11.8 Å². The Labute approximate surface area is 146 Å². The van der Waals surface area contributed by atoms with E-state index in [2.05, 4.69) is 22.6 Å². The van der Waals surface area contributed by atoms with Gasteiger partial charge in [-0.15, -0.1) is 0 Å². The number of hydrogen-bond donors (Lipinski definition) is 1. The summed E-state index contributed by atoms with van der Waals surface area (Å²) >= 11 is 0. The molecule has 25 heavy (non-hydrogen) atoms. The maximum absolute atomic E-state index is 9.21. The van der Waals surface area contributed by atoms with E-state index in [0.717, 1.165) is 29.9 Å². The Hall–Kier alpha value is -3.27. The molecule has 0 unspecified atom stereocenters. The van der Waals surface area contributed by atoms with Gasteiger partial charge in [-0.2, -0.15) is 10.4 Å². The van der Waals surface area contributed by atoms with E-state index in [4.69, 9.17) is 15.5 Å². The Morgan fingerprint density at radius 2 is 2.32 bits per heavy atom. The van der Waals surface area contributed by atoms with Crippen LogP contribution in [0.15, 0.2) is 42.4 Å². The fourth-order valence-electron chi connectivity index (χ4n) is 2.96. The highest BCUT2D eigenvalue weighted by Crippen LogP contribution is 2.28. The number of nitriles is 1. The second kappa shape index (κ2) is 6.69. The maximum Gasteiger partial charge on any atom is 0.146 e. The van der Waals surface area contributed by atoms with Crippen molar-refractivity contribution >= 4 is 16.8 Å². The maximum atomic E-state index is 9.21. The number of fused-ring (bicyclic) bond motifs is 1. The summed E-state index contributed by atoms with van der Waals surface area (Å²) < 4.78 is 7.08. The van der Waals surface area contributed by atoms with Crippen LogP contribution in [0, 0.1) is 11.3 Å². The zero-order valence-corrected chi connectivity index (χ0v) is 14.3. The molecule has 128 valence electrons. The molecule has 0 saturated carbocycles. The van der Waals surface area contributed by atoms with E-state index in [1.165, 1.54) is 12.4 Å². The molecule has 1 aliphatic rings. The van der Waals surface area contributed by atoms with E-state index >= 15 is 0 Å². The Morgan fingerprint density at radius 3 is 2.92 bits per heavy atom. The van der Waals surface area contributed by atoms with Crippen LogP contribution in [0.4, 0.5) is 0 Å². The standard InChI is InChI=1S/C18H20N6O/c1-4-23-10-15(11-23)22-12(2)16(7-20)13-5-17(25-3)18-14(6-19)8-21-24(18)9-13/h4-5,7-9,15H,1,10-11,20H2,2-3H3/b16-7+,22-12?. The van der Waals surface area contributed by atoms with Crippen LogP contribution in [0.25, 0.3) is 11.1 Å². The van der Waals surface area contributed by atoms with Crippen molar-refractivity contribution < 1.29 is 4.74 Å².